The van der Waals surface area contributed by atoms with E-state index in [1.54, 1.807) is 18.5 Å². The minimum absolute atomic E-state index is 0.571. The summed E-state index contributed by atoms with van der Waals surface area (Å²) in [6, 6.07) is 5.78. The zero-order valence-electron chi connectivity index (χ0n) is 9.59. The number of aromatic nitrogens is 1. The number of nitrogens with zero attached hydrogens (tertiary/aromatic N) is 3. The van der Waals surface area contributed by atoms with E-state index < -0.39 is 0 Å². The van der Waals surface area contributed by atoms with Crippen LogP contribution in [0.3, 0.4) is 0 Å². The maximum Gasteiger partial charge on any atom is 0.151 e. The van der Waals surface area contributed by atoms with Crippen LogP contribution in [0.15, 0.2) is 53.1 Å². The molecule has 3 heteroatoms. The largest absolute Gasteiger partial charge is 0.252 e. The Labute approximate surface area is 96.0 Å². The van der Waals surface area contributed by atoms with E-state index in [1.807, 2.05) is 38.1 Å². The molecule has 0 aromatic carbocycles. The summed E-state index contributed by atoms with van der Waals surface area (Å²) >= 11 is 0. The number of aryl methyl sites for hydroxylation is 1. The van der Waals surface area contributed by atoms with Gasteiger partial charge in [-0.05, 0) is 32.1 Å². The van der Waals surface area contributed by atoms with Gasteiger partial charge in [0, 0.05) is 11.9 Å². The lowest BCUT2D eigenvalue weighted by atomic mass is 10.3. The van der Waals surface area contributed by atoms with Gasteiger partial charge in [-0.3, -0.25) is 4.98 Å². The molecule has 1 aromatic heterocycles. The van der Waals surface area contributed by atoms with Crippen molar-refractivity contribution in [2.75, 3.05) is 0 Å². The fourth-order valence-electron chi connectivity index (χ4n) is 1.06. The van der Waals surface area contributed by atoms with Crippen molar-refractivity contribution in [3.63, 3.8) is 0 Å². The molecule has 1 heterocycles. The number of rotatable bonds is 3. The van der Waals surface area contributed by atoms with E-state index in [1.165, 1.54) is 0 Å². The summed E-state index contributed by atoms with van der Waals surface area (Å²) in [6.07, 6.45) is 6.80. The van der Waals surface area contributed by atoms with Crippen molar-refractivity contribution in [3.8, 4) is 0 Å². The molecule has 0 saturated heterocycles. The van der Waals surface area contributed by atoms with Crippen molar-refractivity contribution in [2.24, 2.45) is 9.98 Å². The Morgan fingerprint density at radius 2 is 2.25 bits per heavy atom. The smallest absolute Gasteiger partial charge is 0.151 e. The molecule has 0 aliphatic heterocycles. The molecule has 3 nitrogen and oxygen atoms in total. The molecule has 82 valence electrons. The minimum atomic E-state index is 0.571. The third kappa shape index (κ3) is 4.00. The van der Waals surface area contributed by atoms with Gasteiger partial charge < -0.3 is 0 Å². The molecule has 0 unspecified atom stereocenters. The minimum Gasteiger partial charge on any atom is -0.252 e. The highest BCUT2D eigenvalue weighted by molar-refractivity contribution is 6.00. The zero-order valence-corrected chi connectivity index (χ0v) is 9.59. The first kappa shape index (κ1) is 12.0. The Morgan fingerprint density at radius 3 is 2.88 bits per heavy atom. The first-order valence-electron chi connectivity index (χ1n) is 5.05. The summed E-state index contributed by atoms with van der Waals surface area (Å²) in [5.74, 6) is 0.571. The monoisotopic (exact) mass is 213 g/mol. The van der Waals surface area contributed by atoms with E-state index >= 15 is 0 Å². The maximum absolute atomic E-state index is 4.30. The third-order valence-corrected chi connectivity index (χ3v) is 1.78. The van der Waals surface area contributed by atoms with Gasteiger partial charge in [0.05, 0.1) is 11.9 Å². The highest BCUT2D eigenvalue weighted by Crippen LogP contribution is 1.95. The Hall–Kier alpha value is -2.03. The van der Waals surface area contributed by atoms with Gasteiger partial charge in [0.1, 0.15) is 0 Å². The number of allylic oxidation sites excluding steroid dienone is 1. The van der Waals surface area contributed by atoms with Crippen LogP contribution in [0.1, 0.15) is 18.3 Å². The molecule has 0 spiro atoms. The van der Waals surface area contributed by atoms with Gasteiger partial charge in [-0.25, -0.2) is 9.98 Å². The van der Waals surface area contributed by atoms with Gasteiger partial charge in [-0.1, -0.05) is 18.7 Å². The fourth-order valence-corrected chi connectivity index (χ4v) is 1.06. The van der Waals surface area contributed by atoms with E-state index in [-0.39, 0.29) is 0 Å². The molecule has 0 bridgehead atoms. The van der Waals surface area contributed by atoms with Crippen LogP contribution in [0.4, 0.5) is 0 Å². The first-order chi connectivity index (χ1) is 7.76. The van der Waals surface area contributed by atoms with Gasteiger partial charge in [0.2, 0.25) is 0 Å². The Bertz CT molecular complexity index is 442. The summed E-state index contributed by atoms with van der Waals surface area (Å²) in [7, 11) is 0. The van der Waals surface area contributed by atoms with Crippen LogP contribution in [0.5, 0.6) is 0 Å². The number of aliphatic imine (C=N–C) groups is 2. The normalized spacial score (nSPS) is 12.5. The summed E-state index contributed by atoms with van der Waals surface area (Å²) in [4.78, 5) is 12.6. The molecule has 0 radical (unpaired) electrons. The standard InChI is InChI=1S/C13H15N3/c1-4-9-14-13(5-2)15-10-12-8-6-7-11(3)16-12/h4-10H,2H2,1,3H3/b9-4-,14-13?,15-10?. The van der Waals surface area contributed by atoms with Crippen LogP contribution in [0.25, 0.3) is 0 Å². The molecule has 0 amide bonds. The molecule has 16 heavy (non-hydrogen) atoms. The van der Waals surface area contributed by atoms with Crippen LogP contribution in [-0.2, 0) is 0 Å². The summed E-state index contributed by atoms with van der Waals surface area (Å²) in [5.41, 5.74) is 1.78. The van der Waals surface area contributed by atoms with Crippen molar-refractivity contribution in [2.45, 2.75) is 13.8 Å². The average Bonchev–Trinajstić information content (AvgIpc) is 2.29. The molecule has 0 aliphatic rings. The molecule has 0 aliphatic carbocycles. The number of pyridine rings is 1. The van der Waals surface area contributed by atoms with Crippen LogP contribution in [0.2, 0.25) is 0 Å². The Kier molecular flexibility index (Phi) is 4.86. The summed E-state index contributed by atoms with van der Waals surface area (Å²) in [6.45, 7) is 7.49. The van der Waals surface area contributed by atoms with E-state index in [0.717, 1.165) is 11.4 Å². The van der Waals surface area contributed by atoms with Gasteiger partial charge >= 0.3 is 0 Å². The van der Waals surface area contributed by atoms with Crippen molar-refractivity contribution in [1.82, 2.24) is 4.98 Å². The van der Waals surface area contributed by atoms with Crippen molar-refractivity contribution in [3.05, 3.63) is 54.5 Å². The lowest BCUT2D eigenvalue weighted by Gasteiger charge is -1.94. The predicted molar refractivity (Wildman–Crippen MR) is 69.0 cm³/mol. The van der Waals surface area contributed by atoms with E-state index in [2.05, 4.69) is 21.5 Å². The zero-order chi connectivity index (χ0) is 11.8. The average molecular weight is 213 g/mol. The quantitative estimate of drug-likeness (QED) is 0.562. The molecule has 0 atom stereocenters. The first-order valence-corrected chi connectivity index (χ1v) is 5.05. The second-order valence-corrected chi connectivity index (χ2v) is 3.14. The molecular weight excluding hydrogens is 198 g/mol. The third-order valence-electron chi connectivity index (χ3n) is 1.78. The molecular formula is C13H15N3. The van der Waals surface area contributed by atoms with Gasteiger partial charge in [-0.2, -0.15) is 0 Å². The van der Waals surface area contributed by atoms with E-state index in [4.69, 9.17) is 0 Å². The van der Waals surface area contributed by atoms with Crippen LogP contribution in [0, 0.1) is 6.92 Å². The second-order valence-electron chi connectivity index (χ2n) is 3.14. The van der Waals surface area contributed by atoms with Crippen molar-refractivity contribution >= 4 is 12.1 Å². The maximum atomic E-state index is 4.30. The van der Waals surface area contributed by atoms with Crippen LogP contribution < -0.4 is 0 Å². The lowest BCUT2D eigenvalue weighted by molar-refractivity contribution is 1.19. The highest BCUT2D eigenvalue weighted by atomic mass is 14.9. The predicted octanol–water partition coefficient (Wildman–Crippen LogP) is 2.93. The molecule has 0 saturated carbocycles. The van der Waals surface area contributed by atoms with Gasteiger partial charge in [0.15, 0.2) is 5.84 Å². The number of hydrogen-bond acceptors (Lipinski definition) is 2. The van der Waals surface area contributed by atoms with E-state index in [0.29, 0.717) is 5.84 Å². The number of amidine groups is 1. The summed E-state index contributed by atoms with van der Waals surface area (Å²) < 4.78 is 0. The van der Waals surface area contributed by atoms with Gasteiger partial charge in [0.25, 0.3) is 0 Å². The molecule has 0 N–H and O–H groups in total. The molecule has 1 aromatic rings. The SMILES string of the molecule is C=CC(N=Cc1cccc(C)n1)=N/C=C\C. The molecule has 1 rings (SSSR count). The van der Waals surface area contributed by atoms with Crippen LogP contribution >= 0.6 is 0 Å². The lowest BCUT2D eigenvalue weighted by Crippen LogP contribution is -1.93. The van der Waals surface area contributed by atoms with Gasteiger partial charge in [-0.15, -0.1) is 0 Å². The summed E-state index contributed by atoms with van der Waals surface area (Å²) in [5, 5.41) is 0. The second kappa shape index (κ2) is 6.45. The van der Waals surface area contributed by atoms with Crippen molar-refractivity contribution in [1.29, 1.82) is 0 Å². The highest BCUT2D eigenvalue weighted by Gasteiger charge is 1.90. The van der Waals surface area contributed by atoms with E-state index in [9.17, 15) is 0 Å². The Balaban J connectivity index is 2.83. The van der Waals surface area contributed by atoms with Crippen molar-refractivity contribution < 1.29 is 0 Å². The Morgan fingerprint density at radius 1 is 1.44 bits per heavy atom. The fraction of sp³-hybridized carbons (Fsp3) is 0.154. The topological polar surface area (TPSA) is 37.6 Å². The van der Waals surface area contributed by atoms with Crippen LogP contribution in [-0.4, -0.2) is 17.0 Å². The number of hydrogen-bond donors (Lipinski definition) is 0. The molecule has 0 fully saturated rings.